The zero-order valence-electron chi connectivity index (χ0n) is 64.6. The Hall–Kier alpha value is -6.09. The van der Waals surface area contributed by atoms with Crippen molar-refractivity contribution >= 4 is 71.3 Å². The van der Waals surface area contributed by atoms with Crippen molar-refractivity contribution < 1.29 is 224 Å². The number of rotatable bonds is 48. The normalized spacial score (nSPS) is 17.3. The van der Waals surface area contributed by atoms with Crippen molar-refractivity contribution in [2.24, 2.45) is 0 Å². The Bertz CT molecular complexity index is 2980. The summed E-state index contributed by atoms with van der Waals surface area (Å²) in [5.74, 6) is -11.1. The van der Waals surface area contributed by atoms with Crippen LogP contribution < -0.4 is 31.9 Å². The second kappa shape index (κ2) is 61.2. The van der Waals surface area contributed by atoms with Gasteiger partial charge < -0.3 is 119 Å². The van der Waals surface area contributed by atoms with Gasteiger partial charge in [0.1, 0.15) is 36.3 Å². The summed E-state index contributed by atoms with van der Waals surface area (Å²) in [6.07, 6.45) is -9.21. The SMILES string of the molecule is C.CCC(O)CNC(=O)CC[C@H](C(=O)O)N1CCN([C@H](CCC(=O)NCC(O)CO)C(=O)O)CCN([C@H](CCC(=O)NCC(O)CO)C(=O)O)Cc2cccc(n2)C1.O=C(CC[C@@H](C(=O)O)N1CCN([C@@H](CCC(=O)NCC(O)CO)C(=O)O)Cc2cccc(n2)CN([C@@H](CCC(=O)NCC(O)CO)C(=O)O)CC1)NCC(O)CO.[Gd+3].[Gd+3]. The number of carboxylic acid groups (broad SMARTS) is 6. The van der Waals surface area contributed by atoms with Crippen LogP contribution in [0.5, 0.6) is 0 Å². The van der Waals surface area contributed by atoms with Crippen molar-refractivity contribution in [2.45, 2.75) is 197 Å². The molecule has 0 fully saturated rings. The Labute approximate surface area is 741 Å². The van der Waals surface area contributed by atoms with Gasteiger partial charge in [-0.2, -0.15) is 0 Å². The molecule has 23 N–H and O–H groups in total. The van der Waals surface area contributed by atoms with E-state index in [1.807, 2.05) is 0 Å². The number of aliphatic hydroxyl groups is 11. The van der Waals surface area contributed by atoms with Gasteiger partial charge in [-0.25, -0.2) is 0 Å². The van der Waals surface area contributed by atoms with Gasteiger partial charge in [-0.1, -0.05) is 26.5 Å². The van der Waals surface area contributed by atoms with E-state index in [-0.39, 0.29) is 282 Å². The molecule has 0 spiro atoms. The third-order valence-electron chi connectivity index (χ3n) is 18.8. The number of carbonyl (C=O) groups is 12. The molecule has 2 aliphatic rings. The summed E-state index contributed by atoms with van der Waals surface area (Å²) in [6.45, 7) is -3.49. The first-order valence-corrected chi connectivity index (χ1v) is 37.6. The molecule has 6 amide bonds. The standard InChI is InChI=1S/C36H59N7O14.C35H57N7O15.CH4.2Gd/c1-2-25(46)16-37-31(49)10-7-29(35(54)55)42-14-12-41(28(34(52)53)6-9-32(50)38-17-26(47)21-44)13-15-43(20-24-5-3-4-23(19-42)40-24)30(36(56)57)8-11-33(51)39-18-27(48)22-45;43-19-24(46)14-36-30(49)7-4-27(33(52)53)40-10-12-41(28(34(54)55)5-8-31(50)37-15-25(47)20-44)17-22-2-1-3-23(39-22)18-42(13-11-40)29(35(56)57)6-9-32(51)38-16-26(48)21-45;;;/h3-5,25-30,44-48H,2,6-22H2,1H3,(H,37,49)(H,38,50)(H,39,51)(H,52,53)(H,54,55)(H,56,57);1-3,24-29,43-48H,4-21H2,(H,36,49)(H,37,50)(H,38,51)(H,52,53)(H,54,55)(H,56,57);1H4;;/q;;;2*+3/t25?,26?,27?,28-,29-,30-;24?,25?,26?,27-,28-,29-;;;/m10.../s1. The number of amides is 6. The van der Waals surface area contributed by atoms with Crippen LogP contribution in [0.4, 0.5) is 0 Å². The molecule has 45 heteroatoms. The number of aliphatic carboxylic acids is 6. The topological polar surface area (TPSA) is 666 Å². The number of hydrogen-bond donors (Lipinski definition) is 23. The molecule has 0 aromatic carbocycles. The average Bonchev–Trinajstić information content (AvgIpc) is 0.832. The molecule has 6 unspecified atom stereocenters. The monoisotopic (exact) mass is 1960 g/mol. The molecule has 43 nitrogen and oxygen atoms in total. The van der Waals surface area contributed by atoms with Crippen molar-refractivity contribution in [1.29, 1.82) is 0 Å². The maximum Gasteiger partial charge on any atom is 3.00 e. The van der Waals surface area contributed by atoms with Crippen molar-refractivity contribution in [3.8, 4) is 0 Å². The van der Waals surface area contributed by atoms with Crippen LogP contribution in [0, 0.1) is 79.9 Å². The Morgan fingerprint density at radius 3 is 0.632 bits per heavy atom. The van der Waals surface area contributed by atoms with E-state index in [9.17, 15) is 119 Å². The second-order valence-electron chi connectivity index (χ2n) is 27.6. The molecule has 4 heterocycles. The van der Waals surface area contributed by atoms with Gasteiger partial charge in [0, 0.05) is 156 Å². The number of carboxylic acids is 6. The first kappa shape index (κ1) is 111. The van der Waals surface area contributed by atoms with Gasteiger partial charge in [0.2, 0.25) is 35.4 Å². The minimum Gasteiger partial charge on any atom is -0.480 e. The first-order chi connectivity index (χ1) is 54.1. The van der Waals surface area contributed by atoms with E-state index in [4.69, 9.17) is 25.5 Å². The van der Waals surface area contributed by atoms with E-state index in [2.05, 4.69) is 41.9 Å². The Morgan fingerprint density at radius 1 is 0.308 bits per heavy atom. The minimum atomic E-state index is -1.35. The van der Waals surface area contributed by atoms with Crippen molar-refractivity contribution in [1.82, 2.24) is 71.3 Å². The van der Waals surface area contributed by atoms with Crippen LogP contribution in [0.25, 0.3) is 0 Å². The summed E-state index contributed by atoms with van der Waals surface area (Å²) in [7, 11) is 0. The molecular formula is C72H120Gd2N14O29+6. The van der Waals surface area contributed by atoms with Gasteiger partial charge in [-0.15, -0.1) is 0 Å². The third kappa shape index (κ3) is 44.3. The van der Waals surface area contributed by atoms with Gasteiger partial charge in [0.15, 0.2) is 0 Å². The van der Waals surface area contributed by atoms with Gasteiger partial charge in [0.05, 0.1) is 92.4 Å². The van der Waals surface area contributed by atoms with Crippen LogP contribution in [0.1, 0.15) is 121 Å². The molecule has 662 valence electrons. The molecule has 12 atom stereocenters. The Morgan fingerprint density at radius 2 is 0.470 bits per heavy atom. The summed E-state index contributed by atoms with van der Waals surface area (Å²) < 4.78 is 0. The summed E-state index contributed by atoms with van der Waals surface area (Å²) in [4.78, 5) is 170. The van der Waals surface area contributed by atoms with E-state index >= 15 is 0 Å². The van der Waals surface area contributed by atoms with Crippen molar-refractivity contribution in [2.75, 3.05) is 125 Å². The molecular weight excluding hydrogens is 1840 g/mol. The fourth-order valence-corrected chi connectivity index (χ4v) is 12.3. The van der Waals surface area contributed by atoms with Gasteiger partial charge in [-0.05, 0) is 69.2 Å². The fourth-order valence-electron chi connectivity index (χ4n) is 12.3. The quantitative estimate of drug-likeness (QED) is 0.0293. The van der Waals surface area contributed by atoms with E-state index in [0.29, 0.717) is 29.2 Å². The molecule has 117 heavy (non-hydrogen) atoms. The number of nitrogens with zero attached hydrogens (tertiary/aromatic N) is 8. The van der Waals surface area contributed by atoms with Gasteiger partial charge in [0.25, 0.3) is 0 Å². The first-order valence-electron chi connectivity index (χ1n) is 37.6. The van der Waals surface area contributed by atoms with E-state index in [1.165, 1.54) is 24.5 Å². The maximum atomic E-state index is 12.8. The zero-order chi connectivity index (χ0) is 85.0. The molecule has 2 aliphatic heterocycles. The van der Waals surface area contributed by atoms with Crippen LogP contribution in [-0.2, 0) is 83.7 Å². The summed E-state index contributed by atoms with van der Waals surface area (Å²) in [6, 6.07) is 2.14. The predicted octanol–water partition coefficient (Wildman–Crippen LogP) is -7.73. The number of aliphatic hydroxyl groups excluding tert-OH is 11. The number of nitrogens with one attached hydrogen (secondary N) is 6. The smallest absolute Gasteiger partial charge is 0.480 e. The molecule has 2 radical (unpaired) electrons. The van der Waals surface area contributed by atoms with Crippen LogP contribution >= 0.6 is 0 Å². The molecule has 0 saturated heterocycles. The zero-order valence-corrected chi connectivity index (χ0v) is 69.2. The van der Waals surface area contributed by atoms with Gasteiger partial charge >= 0.3 is 116 Å². The van der Waals surface area contributed by atoms with E-state index in [1.54, 1.807) is 48.2 Å². The third-order valence-corrected chi connectivity index (χ3v) is 18.8. The van der Waals surface area contributed by atoms with E-state index < -0.39 is 177 Å². The molecule has 4 rings (SSSR count). The van der Waals surface area contributed by atoms with Crippen LogP contribution in [0.3, 0.4) is 0 Å². The second-order valence-corrected chi connectivity index (χ2v) is 27.6. The molecule has 0 aliphatic carbocycles. The summed E-state index contributed by atoms with van der Waals surface area (Å²) >= 11 is 0. The van der Waals surface area contributed by atoms with E-state index in [0.717, 1.165) is 0 Å². The van der Waals surface area contributed by atoms with Crippen LogP contribution in [0.2, 0.25) is 0 Å². The molecule has 4 bridgehead atoms. The Balaban J connectivity index is 0.00000224. The summed E-state index contributed by atoms with van der Waals surface area (Å²) in [5.41, 5.74) is 1.57. The average molecular weight is 1960 g/mol. The molecule has 2 aromatic heterocycles. The molecule has 0 saturated carbocycles. The van der Waals surface area contributed by atoms with Crippen molar-refractivity contribution in [3.05, 3.63) is 59.2 Å². The molecule has 2 aromatic rings. The fraction of sp³-hybridized carbons (Fsp3) is 0.694. The number of aromatic nitrogens is 2. The number of pyridine rings is 2. The van der Waals surface area contributed by atoms with Gasteiger partial charge in [-0.3, -0.25) is 96.9 Å². The predicted molar refractivity (Wildman–Crippen MR) is 404 cm³/mol. The minimum absolute atomic E-state index is 0. The van der Waals surface area contributed by atoms with Crippen molar-refractivity contribution in [3.63, 3.8) is 0 Å². The largest absolute Gasteiger partial charge is 3.00 e. The number of carbonyl (C=O) groups excluding carboxylic acids is 6. The number of hydrogen-bond acceptors (Lipinski definition) is 31. The summed E-state index contributed by atoms with van der Waals surface area (Å²) in [5, 5.41) is 180. The van der Waals surface area contributed by atoms with Crippen LogP contribution in [0.15, 0.2) is 36.4 Å². The maximum absolute atomic E-state index is 12.8. The number of fused-ring (bicyclic) bond motifs is 4. The van der Waals surface area contributed by atoms with Crippen LogP contribution in [-0.4, -0.2) is 395 Å². The Kier molecular flexibility index (Phi) is 58.0.